The fraction of sp³-hybridized carbons (Fsp3) is 1.00. The van der Waals surface area contributed by atoms with Gasteiger partial charge in [0.25, 0.3) is 0 Å². The van der Waals surface area contributed by atoms with Gasteiger partial charge in [-0.15, -0.1) is 0 Å². The third-order valence-corrected chi connectivity index (χ3v) is 0.129. The Hall–Kier alpha value is -0.0200. The molecule has 0 aromatic heterocycles. The van der Waals surface area contributed by atoms with E-state index < -0.39 is 8.69 Å². The van der Waals surface area contributed by atoms with E-state index in [0.29, 0.717) is 6.54 Å². The van der Waals surface area contributed by atoms with Gasteiger partial charge in [-0.2, -0.15) is 4.89 Å². The molecule has 0 amide bonds. The normalized spacial score (nSPS) is 7.29. The molecule has 0 aliphatic rings. The maximum atomic E-state index is 8.51. The van der Waals surface area contributed by atoms with Crippen molar-refractivity contribution in [3.8, 4) is 0 Å². The fourth-order valence-electron chi connectivity index (χ4n) is 0. The van der Waals surface area contributed by atoms with Gasteiger partial charge in [-0.3, -0.25) is 0 Å². The van der Waals surface area contributed by atoms with Crippen LogP contribution in [-0.4, -0.2) is 23.2 Å². The van der Waals surface area contributed by atoms with Gasteiger partial charge in [-0.25, -0.2) is 0 Å². The molecule has 0 bridgehead atoms. The zero-order chi connectivity index (χ0) is 6.12. The monoisotopic (exact) mass is 126 g/mol. The minimum atomic E-state index is -1.17. The zero-order valence-electron chi connectivity index (χ0n) is 3.79. The number of rotatable bonds is 1. The summed E-state index contributed by atoms with van der Waals surface area (Å²) in [4.78, 5) is 7.04. The van der Waals surface area contributed by atoms with Crippen molar-refractivity contribution in [1.29, 1.82) is 0 Å². The summed E-state index contributed by atoms with van der Waals surface area (Å²) in [5, 5.41) is 7.75. The lowest BCUT2D eigenvalue weighted by atomic mass is 10.8. The van der Waals surface area contributed by atoms with E-state index in [4.69, 9.17) is 20.3 Å². The summed E-state index contributed by atoms with van der Waals surface area (Å²) < 4.78 is 8.51. The third-order valence-electron chi connectivity index (χ3n) is 0.129. The second-order valence-electron chi connectivity index (χ2n) is 0.604. The quantitative estimate of drug-likeness (QED) is 0.387. The summed E-state index contributed by atoms with van der Waals surface area (Å²) in [7, 11) is -1.17. The van der Waals surface area contributed by atoms with E-state index in [1.165, 1.54) is 0 Å². The molecule has 0 radical (unpaired) electrons. The summed E-state index contributed by atoms with van der Waals surface area (Å²) in [6.45, 7) is 0.472. The molecule has 44 valence electrons. The van der Waals surface area contributed by atoms with Gasteiger partial charge < -0.3 is 10.8 Å². The molecular weight excluding hydrogens is 117 g/mol. The molecule has 0 rings (SSSR count). The predicted octanol–water partition coefficient (Wildman–Crippen LogP) is -1.14. The smallest absolute Gasteiger partial charge is 0.395 e. The van der Waals surface area contributed by atoms with Gasteiger partial charge in [-0.05, 0) is 4.57 Å². The molecule has 0 aliphatic carbocycles. The van der Waals surface area contributed by atoms with Crippen LogP contribution in [0.2, 0.25) is 0 Å². The predicted molar refractivity (Wildman–Crippen MR) is 27.4 cm³/mol. The molecule has 0 fully saturated rings. The second kappa shape index (κ2) is 16.7. The Labute approximate surface area is 43.2 Å². The third kappa shape index (κ3) is 98.6. The first-order chi connectivity index (χ1) is 3.33. The minimum Gasteiger partial charge on any atom is -0.395 e. The average Bonchev–Trinajstić information content (AvgIpc) is 1.69. The molecule has 4 nitrogen and oxygen atoms in total. The highest BCUT2D eigenvalue weighted by atomic mass is 31.1. The number of nitrogens with two attached hydrogens (primary N) is 1. The summed E-state index contributed by atoms with van der Waals surface area (Å²) >= 11 is 0. The molecule has 1 atom stereocenters. The first kappa shape index (κ1) is 10.1. The Balaban J connectivity index is 0. The van der Waals surface area contributed by atoms with E-state index in [1.54, 1.807) is 0 Å². The van der Waals surface area contributed by atoms with Crippen molar-refractivity contribution in [2.45, 2.75) is 0 Å². The first-order valence-electron chi connectivity index (χ1n) is 1.65. The van der Waals surface area contributed by atoms with Crippen molar-refractivity contribution in [1.82, 2.24) is 0 Å². The summed E-state index contributed by atoms with van der Waals surface area (Å²) in [6, 6.07) is 0. The van der Waals surface area contributed by atoms with Crippen molar-refractivity contribution < 1.29 is 14.6 Å². The average molecular weight is 126 g/mol. The van der Waals surface area contributed by atoms with E-state index in [9.17, 15) is 0 Å². The molecule has 7 heavy (non-hydrogen) atoms. The Kier molecular flexibility index (Phi) is 24.0. The standard InChI is InChI=1S/C2H7NO.HO2P/c3-1-2-4;1-3-2/h4H,1-3H2;3H/p+1. The van der Waals surface area contributed by atoms with E-state index >= 15 is 0 Å². The Morgan fingerprint density at radius 1 is 1.71 bits per heavy atom. The minimum absolute atomic E-state index is 0.0972. The Morgan fingerprint density at radius 3 is 1.86 bits per heavy atom. The fourth-order valence-corrected chi connectivity index (χ4v) is 0. The van der Waals surface area contributed by atoms with Crippen molar-refractivity contribution >= 4 is 8.69 Å². The molecule has 0 aromatic carbocycles. The number of aliphatic hydroxyl groups is 1. The van der Waals surface area contributed by atoms with E-state index in [2.05, 4.69) is 0 Å². The van der Waals surface area contributed by atoms with Crippen LogP contribution in [0.1, 0.15) is 0 Å². The lowest BCUT2D eigenvalue weighted by Crippen LogP contribution is -2.02. The molecule has 0 aromatic rings. The van der Waals surface area contributed by atoms with Crippen molar-refractivity contribution in [3.63, 3.8) is 0 Å². The summed E-state index contributed by atoms with van der Waals surface area (Å²) in [5.74, 6) is 0. The summed E-state index contributed by atoms with van der Waals surface area (Å²) in [5.41, 5.74) is 4.78. The van der Waals surface area contributed by atoms with Crippen molar-refractivity contribution in [3.05, 3.63) is 0 Å². The van der Waals surface area contributed by atoms with E-state index in [0.717, 1.165) is 0 Å². The van der Waals surface area contributed by atoms with Crippen LogP contribution in [0.25, 0.3) is 0 Å². The molecule has 5 heteroatoms. The topological polar surface area (TPSA) is 83.5 Å². The van der Waals surface area contributed by atoms with Crippen molar-refractivity contribution in [2.24, 2.45) is 5.73 Å². The van der Waals surface area contributed by atoms with Gasteiger partial charge in [0.1, 0.15) is 0 Å². The SMILES string of the molecule is NCCO.O=[PH+]O. The highest BCUT2D eigenvalue weighted by Gasteiger charge is 1.56. The lowest BCUT2D eigenvalue weighted by Gasteiger charge is -1.71. The van der Waals surface area contributed by atoms with Crippen LogP contribution in [0.4, 0.5) is 0 Å². The number of hydrogen-bond donors (Lipinski definition) is 3. The lowest BCUT2D eigenvalue weighted by molar-refractivity contribution is 0.306. The maximum Gasteiger partial charge on any atom is 0.491 e. The van der Waals surface area contributed by atoms with Crippen LogP contribution in [0.3, 0.4) is 0 Å². The van der Waals surface area contributed by atoms with Crippen LogP contribution in [-0.2, 0) is 4.57 Å². The largest absolute Gasteiger partial charge is 0.491 e. The van der Waals surface area contributed by atoms with Gasteiger partial charge in [0.2, 0.25) is 0 Å². The van der Waals surface area contributed by atoms with Crippen LogP contribution >= 0.6 is 8.69 Å². The molecule has 0 spiro atoms. The highest BCUT2D eigenvalue weighted by molar-refractivity contribution is 7.16. The van der Waals surface area contributed by atoms with Crippen LogP contribution < -0.4 is 5.73 Å². The maximum absolute atomic E-state index is 8.51. The highest BCUT2D eigenvalue weighted by Crippen LogP contribution is 1.66. The molecule has 0 saturated heterocycles. The second-order valence-corrected chi connectivity index (χ2v) is 0.786. The van der Waals surface area contributed by atoms with Crippen LogP contribution in [0, 0.1) is 0 Å². The number of aliphatic hydroxyl groups excluding tert-OH is 1. The molecule has 0 saturated carbocycles. The molecule has 0 aliphatic heterocycles. The summed E-state index contributed by atoms with van der Waals surface area (Å²) in [6.07, 6.45) is 0. The number of hydrogen-bond acceptors (Lipinski definition) is 3. The molecule has 0 heterocycles. The van der Waals surface area contributed by atoms with Crippen LogP contribution in [0.5, 0.6) is 0 Å². The van der Waals surface area contributed by atoms with Gasteiger partial charge in [0.15, 0.2) is 0 Å². The zero-order valence-corrected chi connectivity index (χ0v) is 4.79. The Bertz CT molecular complexity index is 32.1. The van der Waals surface area contributed by atoms with Crippen molar-refractivity contribution in [2.75, 3.05) is 13.2 Å². The van der Waals surface area contributed by atoms with Gasteiger partial charge >= 0.3 is 8.69 Å². The van der Waals surface area contributed by atoms with Crippen LogP contribution in [0.15, 0.2) is 0 Å². The molecule has 4 N–H and O–H groups in total. The van der Waals surface area contributed by atoms with E-state index in [1.807, 2.05) is 0 Å². The van der Waals surface area contributed by atoms with E-state index in [-0.39, 0.29) is 6.61 Å². The first-order valence-corrected chi connectivity index (χ1v) is 2.51. The van der Waals surface area contributed by atoms with Gasteiger partial charge in [-0.1, -0.05) is 0 Å². The molecular formula is C2H9NO3P+. The molecule has 1 unspecified atom stereocenters. The van der Waals surface area contributed by atoms with Gasteiger partial charge in [0.05, 0.1) is 6.61 Å². The van der Waals surface area contributed by atoms with Gasteiger partial charge in [0, 0.05) is 6.54 Å². The Morgan fingerprint density at radius 2 is 1.86 bits per heavy atom.